The number of hydrogen-bond acceptors (Lipinski definition) is 4. The van der Waals surface area contributed by atoms with Crippen LogP contribution in [-0.4, -0.2) is 48.9 Å². The third-order valence-corrected chi connectivity index (χ3v) is 9.95. The molecule has 0 saturated carbocycles. The standard InChI is InChI=1S/C18H33NO4Si/c1-17(2,3)22-16(21)19-12-9-13(20)11-14(19)15(10-12)23-24(7,8)18(4,5)6/h12,14-15H,9-11H2,1-8H3. The van der Waals surface area contributed by atoms with Crippen LogP contribution < -0.4 is 0 Å². The minimum Gasteiger partial charge on any atom is -0.444 e. The highest BCUT2D eigenvalue weighted by Crippen LogP contribution is 2.43. The van der Waals surface area contributed by atoms with Crippen molar-refractivity contribution in [1.29, 1.82) is 0 Å². The average Bonchev–Trinajstić information content (AvgIpc) is 2.54. The molecule has 24 heavy (non-hydrogen) atoms. The second-order valence-corrected chi connectivity index (χ2v) is 14.5. The van der Waals surface area contributed by atoms with Gasteiger partial charge in [-0.1, -0.05) is 20.8 Å². The first-order valence-corrected chi connectivity index (χ1v) is 11.8. The number of carbonyl (C=O) groups excluding carboxylic acids is 2. The molecule has 2 aliphatic heterocycles. The third-order valence-electron chi connectivity index (χ3n) is 5.44. The zero-order valence-electron chi connectivity index (χ0n) is 16.4. The minimum atomic E-state index is -1.95. The van der Waals surface area contributed by atoms with Crippen LogP contribution in [0.2, 0.25) is 18.1 Å². The van der Waals surface area contributed by atoms with E-state index in [1.54, 1.807) is 4.90 Å². The van der Waals surface area contributed by atoms with Gasteiger partial charge >= 0.3 is 6.09 Å². The lowest BCUT2D eigenvalue weighted by molar-refractivity contribution is -0.123. The first-order chi connectivity index (χ1) is 10.7. The maximum absolute atomic E-state index is 12.6. The molecule has 0 spiro atoms. The van der Waals surface area contributed by atoms with Gasteiger partial charge in [-0.05, 0) is 45.3 Å². The minimum absolute atomic E-state index is 0.0603. The third kappa shape index (κ3) is 4.02. The van der Waals surface area contributed by atoms with Crippen LogP contribution >= 0.6 is 0 Å². The van der Waals surface area contributed by atoms with Crippen molar-refractivity contribution in [3.05, 3.63) is 0 Å². The molecule has 0 aromatic rings. The Balaban J connectivity index is 2.19. The van der Waals surface area contributed by atoms with E-state index >= 15 is 0 Å². The number of nitrogens with zero attached hydrogens (tertiary/aromatic N) is 1. The molecule has 1 amide bonds. The summed E-state index contributed by atoms with van der Waals surface area (Å²) in [5.74, 6) is 0.228. The van der Waals surface area contributed by atoms with Crippen LogP contribution in [0.25, 0.3) is 0 Å². The van der Waals surface area contributed by atoms with E-state index in [1.165, 1.54) is 0 Å². The van der Waals surface area contributed by atoms with Crippen molar-refractivity contribution in [3.63, 3.8) is 0 Å². The lowest BCUT2D eigenvalue weighted by Gasteiger charge is -2.41. The molecule has 6 heteroatoms. The highest BCUT2D eigenvalue weighted by atomic mass is 28.4. The van der Waals surface area contributed by atoms with Gasteiger partial charge in [-0.3, -0.25) is 9.69 Å². The molecular formula is C18H33NO4Si. The Hall–Kier alpha value is -0.883. The number of piperidine rings is 1. The SMILES string of the molecule is CC(C)(C)OC(=O)N1C2CC(=O)CC1C(O[Si](C)(C)C(C)(C)C)C2. The highest BCUT2D eigenvalue weighted by molar-refractivity contribution is 6.74. The molecule has 3 unspecified atom stereocenters. The summed E-state index contributed by atoms with van der Waals surface area (Å²) in [6, 6.07) is -0.263. The quantitative estimate of drug-likeness (QED) is 0.699. The van der Waals surface area contributed by atoms with Crippen LogP contribution in [0.4, 0.5) is 4.79 Å². The Morgan fingerprint density at radius 2 is 1.71 bits per heavy atom. The number of amides is 1. The molecule has 2 heterocycles. The first kappa shape index (κ1) is 19.4. The van der Waals surface area contributed by atoms with E-state index in [-0.39, 0.29) is 35.1 Å². The molecule has 3 atom stereocenters. The van der Waals surface area contributed by atoms with E-state index in [2.05, 4.69) is 33.9 Å². The smallest absolute Gasteiger partial charge is 0.410 e. The predicted molar refractivity (Wildman–Crippen MR) is 96.6 cm³/mol. The molecule has 0 aromatic carbocycles. The van der Waals surface area contributed by atoms with Crippen LogP contribution in [-0.2, 0) is 14.0 Å². The van der Waals surface area contributed by atoms with Crippen molar-refractivity contribution in [3.8, 4) is 0 Å². The van der Waals surface area contributed by atoms with Crippen LogP contribution in [0.15, 0.2) is 0 Å². The normalized spacial score (nSPS) is 28.2. The lowest BCUT2D eigenvalue weighted by atomic mass is 10.0. The Morgan fingerprint density at radius 1 is 1.12 bits per heavy atom. The fourth-order valence-electron chi connectivity index (χ4n) is 3.26. The van der Waals surface area contributed by atoms with Gasteiger partial charge in [0, 0.05) is 18.9 Å². The summed E-state index contributed by atoms with van der Waals surface area (Å²) in [5, 5.41) is 0.102. The van der Waals surface area contributed by atoms with Crippen LogP contribution in [0.1, 0.15) is 60.8 Å². The van der Waals surface area contributed by atoms with Gasteiger partial charge in [0.1, 0.15) is 11.4 Å². The molecule has 2 rings (SSSR count). The van der Waals surface area contributed by atoms with Gasteiger partial charge in [0.15, 0.2) is 8.32 Å². The number of rotatable bonds is 2. The highest BCUT2D eigenvalue weighted by Gasteiger charge is 2.53. The van der Waals surface area contributed by atoms with Gasteiger partial charge in [-0.25, -0.2) is 4.79 Å². The van der Waals surface area contributed by atoms with E-state index in [4.69, 9.17) is 9.16 Å². The molecule has 0 aromatic heterocycles. The summed E-state index contributed by atoms with van der Waals surface area (Å²) < 4.78 is 12.1. The van der Waals surface area contributed by atoms with Crippen LogP contribution in [0.3, 0.4) is 0 Å². The number of hydrogen-bond donors (Lipinski definition) is 0. The Morgan fingerprint density at radius 3 is 2.21 bits per heavy atom. The Bertz CT molecular complexity index is 518. The number of Topliss-reactive ketones (excluding diaryl/α,β-unsaturated/α-hetero) is 1. The summed E-state index contributed by atoms with van der Waals surface area (Å²) in [4.78, 5) is 26.5. The first-order valence-electron chi connectivity index (χ1n) is 8.92. The number of fused-ring (bicyclic) bond motifs is 2. The second kappa shape index (κ2) is 6.13. The summed E-state index contributed by atoms with van der Waals surface area (Å²) >= 11 is 0. The molecule has 5 nitrogen and oxygen atoms in total. The molecule has 2 bridgehead atoms. The van der Waals surface area contributed by atoms with Gasteiger partial charge in [0.25, 0.3) is 0 Å². The van der Waals surface area contributed by atoms with Crippen LogP contribution in [0.5, 0.6) is 0 Å². The van der Waals surface area contributed by atoms with E-state index in [9.17, 15) is 9.59 Å². The Kier molecular flexibility index (Phi) is 4.96. The van der Waals surface area contributed by atoms with Crippen molar-refractivity contribution in [2.75, 3.05) is 0 Å². The van der Waals surface area contributed by atoms with E-state index in [1.807, 2.05) is 20.8 Å². The van der Waals surface area contributed by atoms with E-state index < -0.39 is 13.9 Å². The zero-order valence-corrected chi connectivity index (χ0v) is 17.4. The van der Waals surface area contributed by atoms with Gasteiger partial charge in [-0.15, -0.1) is 0 Å². The van der Waals surface area contributed by atoms with Gasteiger partial charge < -0.3 is 9.16 Å². The monoisotopic (exact) mass is 355 g/mol. The van der Waals surface area contributed by atoms with Crippen molar-refractivity contribution in [1.82, 2.24) is 4.90 Å². The summed E-state index contributed by atoms with van der Waals surface area (Å²) in [6.45, 7) is 16.7. The molecule has 2 fully saturated rings. The maximum Gasteiger partial charge on any atom is 0.410 e. The molecule has 0 N–H and O–H groups in total. The lowest BCUT2D eigenvalue weighted by Crippen LogP contribution is -2.52. The molecular weight excluding hydrogens is 322 g/mol. The zero-order chi connectivity index (χ0) is 18.5. The van der Waals surface area contributed by atoms with E-state index in [0.717, 1.165) is 6.42 Å². The Labute approximate surface area is 147 Å². The maximum atomic E-state index is 12.6. The fourth-order valence-corrected chi connectivity index (χ4v) is 4.62. The van der Waals surface area contributed by atoms with E-state index in [0.29, 0.717) is 12.8 Å². The van der Waals surface area contributed by atoms with Crippen molar-refractivity contribution in [2.45, 2.75) is 103 Å². The largest absolute Gasteiger partial charge is 0.444 e. The number of carbonyl (C=O) groups is 2. The average molecular weight is 356 g/mol. The summed E-state index contributed by atoms with van der Waals surface area (Å²) in [6.07, 6.45) is 1.17. The van der Waals surface area contributed by atoms with Crippen LogP contribution in [0, 0.1) is 0 Å². The van der Waals surface area contributed by atoms with Gasteiger partial charge in [0.05, 0.1) is 12.1 Å². The van der Waals surface area contributed by atoms with Crippen molar-refractivity contribution in [2.24, 2.45) is 0 Å². The number of ether oxygens (including phenoxy) is 1. The summed E-state index contributed by atoms with van der Waals surface area (Å²) in [5.41, 5.74) is -0.534. The van der Waals surface area contributed by atoms with Gasteiger partial charge in [0.2, 0.25) is 0 Å². The predicted octanol–water partition coefficient (Wildman–Crippen LogP) is 4.12. The molecule has 0 aliphatic carbocycles. The van der Waals surface area contributed by atoms with Crippen molar-refractivity contribution < 1.29 is 18.8 Å². The van der Waals surface area contributed by atoms with Crippen molar-refractivity contribution >= 4 is 20.2 Å². The molecule has 2 aliphatic rings. The summed E-state index contributed by atoms with van der Waals surface area (Å²) in [7, 11) is -1.95. The molecule has 0 radical (unpaired) electrons. The number of ketones is 1. The fraction of sp³-hybridized carbons (Fsp3) is 0.889. The second-order valence-electron chi connectivity index (χ2n) is 9.71. The topological polar surface area (TPSA) is 55.8 Å². The molecule has 138 valence electrons. The van der Waals surface area contributed by atoms with Gasteiger partial charge in [-0.2, -0.15) is 0 Å². The molecule has 2 saturated heterocycles.